The smallest absolute Gasteiger partial charge is 0.397 e. The third-order valence-corrected chi connectivity index (χ3v) is 1.82. The molecule has 0 spiro atoms. The van der Waals surface area contributed by atoms with E-state index in [-0.39, 0.29) is 5.89 Å². The van der Waals surface area contributed by atoms with Crippen LogP contribution in [0.1, 0.15) is 10.7 Å². The molecule has 0 N–H and O–H groups in total. The SMILES string of the molecule is COC(=O)c1nc(-c2ccccc2)no1. The zero-order valence-corrected chi connectivity index (χ0v) is 8.01. The number of carbonyl (C=O) groups excluding carboxylic acids is 1. The molecule has 0 unspecified atom stereocenters. The predicted molar refractivity (Wildman–Crippen MR) is 51.1 cm³/mol. The first-order valence-corrected chi connectivity index (χ1v) is 4.28. The van der Waals surface area contributed by atoms with Crippen molar-refractivity contribution in [2.24, 2.45) is 0 Å². The highest BCUT2D eigenvalue weighted by molar-refractivity contribution is 5.84. The lowest BCUT2D eigenvalue weighted by atomic mass is 10.2. The summed E-state index contributed by atoms with van der Waals surface area (Å²) in [6.45, 7) is 0. The van der Waals surface area contributed by atoms with Gasteiger partial charge in [0.2, 0.25) is 5.82 Å². The fourth-order valence-electron chi connectivity index (χ4n) is 1.10. The lowest BCUT2D eigenvalue weighted by molar-refractivity contribution is 0.0545. The summed E-state index contributed by atoms with van der Waals surface area (Å²) in [4.78, 5) is 14.9. The van der Waals surface area contributed by atoms with Crippen LogP contribution in [0.4, 0.5) is 0 Å². The summed E-state index contributed by atoms with van der Waals surface area (Å²) in [7, 11) is 1.26. The summed E-state index contributed by atoms with van der Waals surface area (Å²) >= 11 is 0. The van der Waals surface area contributed by atoms with E-state index in [4.69, 9.17) is 4.52 Å². The Morgan fingerprint density at radius 3 is 2.73 bits per heavy atom. The van der Waals surface area contributed by atoms with Crippen molar-refractivity contribution in [3.63, 3.8) is 0 Å². The Labute approximate surface area is 85.7 Å². The highest BCUT2D eigenvalue weighted by Crippen LogP contribution is 2.14. The van der Waals surface area contributed by atoms with E-state index in [2.05, 4.69) is 14.9 Å². The van der Waals surface area contributed by atoms with E-state index in [1.807, 2.05) is 30.3 Å². The Balaban J connectivity index is 2.32. The van der Waals surface area contributed by atoms with Gasteiger partial charge in [0.1, 0.15) is 0 Å². The molecule has 1 heterocycles. The number of benzene rings is 1. The largest absolute Gasteiger partial charge is 0.462 e. The summed E-state index contributed by atoms with van der Waals surface area (Å²) in [5.74, 6) is -0.406. The molecule has 0 saturated carbocycles. The van der Waals surface area contributed by atoms with Crippen LogP contribution >= 0.6 is 0 Å². The van der Waals surface area contributed by atoms with Crippen LogP contribution in [0.3, 0.4) is 0 Å². The van der Waals surface area contributed by atoms with Crippen molar-refractivity contribution < 1.29 is 14.1 Å². The van der Waals surface area contributed by atoms with E-state index < -0.39 is 5.97 Å². The highest BCUT2D eigenvalue weighted by Gasteiger charge is 2.15. The van der Waals surface area contributed by atoms with Gasteiger partial charge in [-0.15, -0.1) is 0 Å². The van der Waals surface area contributed by atoms with Crippen molar-refractivity contribution in [3.8, 4) is 11.4 Å². The van der Waals surface area contributed by atoms with Crippen LogP contribution in [0.25, 0.3) is 11.4 Å². The van der Waals surface area contributed by atoms with E-state index in [9.17, 15) is 4.79 Å². The number of hydrogen-bond donors (Lipinski definition) is 0. The molecule has 1 aromatic carbocycles. The van der Waals surface area contributed by atoms with Gasteiger partial charge in [-0.2, -0.15) is 4.98 Å². The maximum Gasteiger partial charge on any atom is 0.397 e. The van der Waals surface area contributed by atoms with Crippen molar-refractivity contribution in [3.05, 3.63) is 36.2 Å². The molecule has 1 aromatic heterocycles. The molecule has 0 aliphatic rings. The average molecular weight is 204 g/mol. The molecule has 0 saturated heterocycles. The van der Waals surface area contributed by atoms with Crippen molar-refractivity contribution in [1.82, 2.24) is 10.1 Å². The molecule has 5 heteroatoms. The molecule has 0 fully saturated rings. The minimum absolute atomic E-state index is 0.142. The molecule has 15 heavy (non-hydrogen) atoms. The fourth-order valence-corrected chi connectivity index (χ4v) is 1.10. The second kappa shape index (κ2) is 3.91. The summed E-state index contributed by atoms with van der Waals surface area (Å²) in [6.07, 6.45) is 0. The second-order valence-corrected chi connectivity index (χ2v) is 2.78. The van der Waals surface area contributed by atoms with Gasteiger partial charge in [-0.3, -0.25) is 0 Å². The maximum atomic E-state index is 11.0. The molecular weight excluding hydrogens is 196 g/mol. The average Bonchev–Trinajstić information content (AvgIpc) is 2.78. The van der Waals surface area contributed by atoms with E-state index in [1.165, 1.54) is 7.11 Å². The topological polar surface area (TPSA) is 65.2 Å². The van der Waals surface area contributed by atoms with Gasteiger partial charge in [0.05, 0.1) is 7.11 Å². The van der Waals surface area contributed by atoms with Crippen LogP contribution < -0.4 is 0 Å². The molecule has 0 amide bonds. The fraction of sp³-hybridized carbons (Fsp3) is 0.100. The third kappa shape index (κ3) is 1.85. The first-order valence-electron chi connectivity index (χ1n) is 4.28. The van der Waals surface area contributed by atoms with Gasteiger partial charge >= 0.3 is 11.9 Å². The number of methoxy groups -OCH3 is 1. The first-order chi connectivity index (χ1) is 7.31. The van der Waals surface area contributed by atoms with E-state index in [0.29, 0.717) is 5.82 Å². The zero-order chi connectivity index (χ0) is 10.7. The lowest BCUT2D eigenvalue weighted by Gasteiger charge is -1.90. The minimum atomic E-state index is -0.635. The van der Waals surface area contributed by atoms with Gasteiger partial charge in [0.25, 0.3) is 0 Å². The maximum absolute atomic E-state index is 11.0. The molecule has 0 bridgehead atoms. The van der Waals surface area contributed by atoms with Crippen LogP contribution in [-0.4, -0.2) is 23.2 Å². The van der Waals surface area contributed by atoms with E-state index in [1.54, 1.807) is 0 Å². The van der Waals surface area contributed by atoms with Crippen LogP contribution in [0.15, 0.2) is 34.9 Å². The summed E-state index contributed by atoms with van der Waals surface area (Å²) in [5.41, 5.74) is 0.788. The Morgan fingerprint density at radius 2 is 2.07 bits per heavy atom. The van der Waals surface area contributed by atoms with Gasteiger partial charge in [-0.25, -0.2) is 4.79 Å². The van der Waals surface area contributed by atoms with E-state index >= 15 is 0 Å². The lowest BCUT2D eigenvalue weighted by Crippen LogP contribution is -2.00. The molecule has 2 rings (SSSR count). The molecule has 5 nitrogen and oxygen atoms in total. The minimum Gasteiger partial charge on any atom is -0.462 e. The van der Waals surface area contributed by atoms with Crippen molar-refractivity contribution >= 4 is 5.97 Å². The molecule has 0 atom stereocenters. The van der Waals surface area contributed by atoms with Gasteiger partial charge < -0.3 is 9.26 Å². The molecule has 0 aliphatic heterocycles. The summed E-state index contributed by atoms with van der Waals surface area (Å²) in [5, 5.41) is 3.67. The molecular formula is C10H8N2O3. The normalized spacial score (nSPS) is 9.93. The van der Waals surface area contributed by atoms with Crippen molar-refractivity contribution in [1.29, 1.82) is 0 Å². The van der Waals surface area contributed by atoms with Crippen LogP contribution in [0, 0.1) is 0 Å². The van der Waals surface area contributed by atoms with E-state index in [0.717, 1.165) is 5.56 Å². The van der Waals surface area contributed by atoms with Gasteiger partial charge in [-0.05, 0) is 0 Å². The van der Waals surface area contributed by atoms with Crippen LogP contribution in [0.5, 0.6) is 0 Å². The summed E-state index contributed by atoms with van der Waals surface area (Å²) < 4.78 is 9.19. The number of carbonyl (C=O) groups is 1. The van der Waals surface area contributed by atoms with Gasteiger partial charge in [0.15, 0.2) is 0 Å². The molecule has 2 aromatic rings. The number of esters is 1. The number of hydrogen-bond acceptors (Lipinski definition) is 5. The highest BCUT2D eigenvalue weighted by atomic mass is 16.6. The second-order valence-electron chi connectivity index (χ2n) is 2.78. The van der Waals surface area contributed by atoms with Crippen molar-refractivity contribution in [2.75, 3.05) is 7.11 Å². The number of aromatic nitrogens is 2. The predicted octanol–water partition coefficient (Wildman–Crippen LogP) is 1.52. The standard InChI is InChI=1S/C10H8N2O3/c1-14-10(13)9-11-8(12-15-9)7-5-3-2-4-6-7/h2-6H,1H3. The number of rotatable bonds is 2. The molecule has 76 valence electrons. The first kappa shape index (κ1) is 9.39. The zero-order valence-electron chi connectivity index (χ0n) is 8.01. The third-order valence-electron chi connectivity index (χ3n) is 1.82. The molecule has 0 radical (unpaired) electrons. The van der Waals surface area contributed by atoms with Gasteiger partial charge in [-0.1, -0.05) is 35.5 Å². The van der Waals surface area contributed by atoms with Crippen LogP contribution in [0.2, 0.25) is 0 Å². The Morgan fingerprint density at radius 1 is 1.33 bits per heavy atom. The Kier molecular flexibility index (Phi) is 2.45. The summed E-state index contributed by atoms with van der Waals surface area (Å²) in [6, 6.07) is 9.23. The number of ether oxygens (including phenoxy) is 1. The quantitative estimate of drug-likeness (QED) is 0.694. The molecule has 0 aliphatic carbocycles. The Hall–Kier alpha value is -2.17. The van der Waals surface area contributed by atoms with Crippen molar-refractivity contribution in [2.45, 2.75) is 0 Å². The monoisotopic (exact) mass is 204 g/mol. The van der Waals surface area contributed by atoms with Crippen LogP contribution in [-0.2, 0) is 4.74 Å². The van der Waals surface area contributed by atoms with Gasteiger partial charge in [0, 0.05) is 5.56 Å². The number of nitrogens with zero attached hydrogens (tertiary/aromatic N) is 2. The Bertz CT molecular complexity index is 465.